The Hall–Kier alpha value is -1.42. The fraction of sp³-hybridized carbons (Fsp3) is 0.533. The molecule has 6 heteroatoms. The molecule has 0 bridgehead atoms. The molecule has 1 N–H and O–H groups in total. The molecule has 0 aromatic carbocycles. The van der Waals surface area contributed by atoms with Crippen LogP contribution in [0.25, 0.3) is 0 Å². The molecule has 5 nitrogen and oxygen atoms in total. The monoisotopic (exact) mass is 310 g/mol. The fourth-order valence-corrected chi connectivity index (χ4v) is 3.46. The minimum Gasteiger partial charge on any atom is -0.395 e. The fourth-order valence-electron chi connectivity index (χ4n) is 1.85. The van der Waals surface area contributed by atoms with Crippen LogP contribution in [0.15, 0.2) is 23.4 Å². The number of pyridine rings is 1. The first-order chi connectivity index (χ1) is 10.1. The lowest BCUT2D eigenvalue weighted by Crippen LogP contribution is -2.32. The summed E-state index contributed by atoms with van der Waals surface area (Å²) >= 11 is 0. The molecule has 0 aliphatic rings. The topological polar surface area (TPSA) is 70.5 Å². The van der Waals surface area contributed by atoms with Gasteiger partial charge in [0.2, 0.25) is 10.0 Å². The molecule has 0 fully saturated rings. The Balaban J connectivity index is 3.08. The van der Waals surface area contributed by atoms with Crippen molar-refractivity contribution in [3.63, 3.8) is 0 Å². The second kappa shape index (κ2) is 8.78. The van der Waals surface area contributed by atoms with Gasteiger partial charge in [0, 0.05) is 37.5 Å². The quantitative estimate of drug-likeness (QED) is 0.777. The van der Waals surface area contributed by atoms with Crippen LogP contribution < -0.4 is 0 Å². The summed E-state index contributed by atoms with van der Waals surface area (Å²) < 4.78 is 26.7. The lowest BCUT2D eigenvalue weighted by atomic mass is 10.3. The van der Waals surface area contributed by atoms with Crippen molar-refractivity contribution in [2.45, 2.75) is 38.0 Å². The molecule has 0 spiro atoms. The third-order valence-corrected chi connectivity index (χ3v) is 4.63. The highest BCUT2D eigenvalue weighted by molar-refractivity contribution is 7.89. The molecule has 1 rings (SSSR count). The maximum atomic E-state index is 12.6. The van der Waals surface area contributed by atoms with Gasteiger partial charge in [-0.1, -0.05) is 25.7 Å². The van der Waals surface area contributed by atoms with Crippen LogP contribution in [0.2, 0.25) is 0 Å². The molecular formula is C15H22N2O3S. The molecule has 0 amide bonds. The summed E-state index contributed by atoms with van der Waals surface area (Å²) in [5.41, 5.74) is 0.539. The van der Waals surface area contributed by atoms with Crippen LogP contribution in [0, 0.1) is 11.8 Å². The van der Waals surface area contributed by atoms with E-state index >= 15 is 0 Å². The molecule has 0 unspecified atom stereocenters. The number of nitrogens with zero attached hydrogens (tertiary/aromatic N) is 2. The summed E-state index contributed by atoms with van der Waals surface area (Å²) in [5, 5.41) is 8.70. The Morgan fingerprint density at radius 2 is 1.90 bits per heavy atom. The summed E-state index contributed by atoms with van der Waals surface area (Å²) in [6.45, 7) is 4.88. The van der Waals surface area contributed by atoms with Crippen LogP contribution in [0.1, 0.15) is 38.7 Å². The van der Waals surface area contributed by atoms with Gasteiger partial charge in [0.05, 0.1) is 6.61 Å². The second-order valence-electron chi connectivity index (χ2n) is 4.59. The molecule has 0 aliphatic carbocycles. The number of aromatic nitrogens is 1. The van der Waals surface area contributed by atoms with E-state index in [1.807, 2.05) is 13.8 Å². The molecule has 0 atom stereocenters. The maximum Gasteiger partial charge on any atom is 0.244 e. The molecular weight excluding hydrogens is 288 g/mol. The largest absolute Gasteiger partial charge is 0.395 e. The minimum atomic E-state index is -3.52. The van der Waals surface area contributed by atoms with Crippen LogP contribution in [-0.4, -0.2) is 42.5 Å². The lowest BCUT2D eigenvalue weighted by molar-refractivity contribution is 0.305. The van der Waals surface area contributed by atoms with E-state index < -0.39 is 10.0 Å². The lowest BCUT2D eigenvalue weighted by Gasteiger charge is -2.20. The Labute approximate surface area is 127 Å². The summed E-state index contributed by atoms with van der Waals surface area (Å²) in [5.74, 6) is 5.57. The van der Waals surface area contributed by atoms with Crippen LogP contribution >= 0.6 is 0 Å². The van der Waals surface area contributed by atoms with Gasteiger partial charge in [0.1, 0.15) is 4.90 Å². The first-order valence-electron chi connectivity index (χ1n) is 7.11. The molecule has 116 valence electrons. The standard InChI is InChI=1S/C15H22N2O3S/c1-3-8-17(9-4-2)21(19,20)15-11-14(12-16-13-15)7-5-6-10-18/h11-13,18H,3-4,6,8-10H2,1-2H3. The molecule has 1 aromatic rings. The van der Waals surface area contributed by atoms with Crippen molar-refractivity contribution in [2.75, 3.05) is 19.7 Å². The number of aliphatic hydroxyl groups is 1. The zero-order chi connectivity index (χ0) is 15.7. The Morgan fingerprint density at radius 3 is 2.48 bits per heavy atom. The third kappa shape index (κ3) is 5.12. The smallest absolute Gasteiger partial charge is 0.244 e. The number of sulfonamides is 1. The van der Waals surface area contributed by atoms with Gasteiger partial charge in [0.25, 0.3) is 0 Å². The van der Waals surface area contributed by atoms with Crippen molar-refractivity contribution < 1.29 is 13.5 Å². The van der Waals surface area contributed by atoms with Crippen molar-refractivity contribution in [2.24, 2.45) is 0 Å². The van der Waals surface area contributed by atoms with Crippen molar-refractivity contribution in [3.8, 4) is 11.8 Å². The van der Waals surface area contributed by atoms with Gasteiger partial charge >= 0.3 is 0 Å². The van der Waals surface area contributed by atoms with Crippen LogP contribution in [0.4, 0.5) is 0 Å². The summed E-state index contributed by atoms with van der Waals surface area (Å²) in [6.07, 6.45) is 4.76. The van der Waals surface area contributed by atoms with E-state index in [0.717, 1.165) is 12.8 Å². The normalized spacial score (nSPS) is 11.2. The van der Waals surface area contributed by atoms with Crippen molar-refractivity contribution >= 4 is 10.0 Å². The number of hydrogen-bond acceptors (Lipinski definition) is 4. The van der Waals surface area contributed by atoms with Crippen molar-refractivity contribution in [1.29, 1.82) is 0 Å². The zero-order valence-electron chi connectivity index (χ0n) is 12.5. The maximum absolute atomic E-state index is 12.6. The van der Waals surface area contributed by atoms with Crippen LogP contribution in [0.5, 0.6) is 0 Å². The predicted octanol–water partition coefficient (Wildman–Crippen LogP) is 1.63. The highest BCUT2D eigenvalue weighted by Gasteiger charge is 2.23. The average molecular weight is 310 g/mol. The Bertz CT molecular complexity index is 597. The second-order valence-corrected chi connectivity index (χ2v) is 6.53. The summed E-state index contributed by atoms with van der Waals surface area (Å²) in [4.78, 5) is 4.13. The highest BCUT2D eigenvalue weighted by atomic mass is 32.2. The van der Waals surface area contributed by atoms with Gasteiger partial charge in [-0.15, -0.1) is 0 Å². The van der Waals surface area contributed by atoms with Gasteiger partial charge in [-0.3, -0.25) is 4.98 Å². The SMILES string of the molecule is CCCN(CCC)S(=O)(=O)c1cncc(C#CCCO)c1. The van der Waals surface area contributed by atoms with E-state index in [-0.39, 0.29) is 11.5 Å². The first-order valence-corrected chi connectivity index (χ1v) is 8.55. The van der Waals surface area contributed by atoms with Gasteiger partial charge in [0.15, 0.2) is 0 Å². The number of hydrogen-bond donors (Lipinski definition) is 1. The van der Waals surface area contributed by atoms with Crippen molar-refractivity contribution in [3.05, 3.63) is 24.0 Å². The summed E-state index contributed by atoms with van der Waals surface area (Å²) in [6, 6.07) is 1.53. The Kier molecular flexibility index (Phi) is 7.37. The predicted molar refractivity (Wildman–Crippen MR) is 82.2 cm³/mol. The molecule has 0 saturated carbocycles. The van der Waals surface area contributed by atoms with E-state index in [1.54, 1.807) is 0 Å². The van der Waals surface area contributed by atoms with Crippen LogP contribution in [-0.2, 0) is 10.0 Å². The van der Waals surface area contributed by atoms with E-state index in [2.05, 4.69) is 16.8 Å². The molecule has 1 aromatic heterocycles. The first kappa shape index (κ1) is 17.6. The van der Waals surface area contributed by atoms with E-state index in [4.69, 9.17) is 5.11 Å². The molecule has 1 heterocycles. The zero-order valence-corrected chi connectivity index (χ0v) is 13.4. The summed E-state index contributed by atoms with van der Waals surface area (Å²) in [7, 11) is -3.52. The van der Waals surface area contributed by atoms with Gasteiger partial charge < -0.3 is 5.11 Å². The average Bonchev–Trinajstić information content (AvgIpc) is 2.47. The van der Waals surface area contributed by atoms with Gasteiger partial charge in [-0.2, -0.15) is 4.31 Å². The third-order valence-electron chi connectivity index (χ3n) is 2.77. The highest BCUT2D eigenvalue weighted by Crippen LogP contribution is 2.16. The molecule has 0 radical (unpaired) electrons. The van der Waals surface area contributed by atoms with E-state index in [1.165, 1.54) is 22.8 Å². The minimum absolute atomic E-state index is 0.0147. The molecule has 0 aliphatic heterocycles. The van der Waals surface area contributed by atoms with E-state index in [9.17, 15) is 8.42 Å². The number of rotatable bonds is 7. The van der Waals surface area contributed by atoms with Gasteiger partial charge in [-0.05, 0) is 18.9 Å². The van der Waals surface area contributed by atoms with Crippen molar-refractivity contribution in [1.82, 2.24) is 9.29 Å². The molecule has 0 saturated heterocycles. The Morgan fingerprint density at radius 1 is 1.24 bits per heavy atom. The molecule has 21 heavy (non-hydrogen) atoms. The van der Waals surface area contributed by atoms with E-state index in [0.29, 0.717) is 25.1 Å². The van der Waals surface area contributed by atoms with Crippen LogP contribution in [0.3, 0.4) is 0 Å². The number of aliphatic hydroxyl groups excluding tert-OH is 1. The van der Waals surface area contributed by atoms with Gasteiger partial charge in [-0.25, -0.2) is 8.42 Å².